The molecule has 6 heteroatoms. The molecule has 19 heavy (non-hydrogen) atoms. The van der Waals surface area contributed by atoms with Crippen LogP contribution in [0.3, 0.4) is 0 Å². The molecule has 2 aromatic heterocycles. The van der Waals surface area contributed by atoms with Gasteiger partial charge in [0.2, 0.25) is 5.43 Å². The lowest BCUT2D eigenvalue weighted by molar-refractivity contribution is 0.196. The summed E-state index contributed by atoms with van der Waals surface area (Å²) in [7, 11) is 0. The van der Waals surface area contributed by atoms with E-state index in [9.17, 15) is 15.0 Å². The van der Waals surface area contributed by atoms with E-state index in [-0.39, 0.29) is 18.8 Å². The predicted octanol–water partition coefficient (Wildman–Crippen LogP) is 0.0229. The van der Waals surface area contributed by atoms with Crippen LogP contribution in [0.2, 0.25) is 0 Å². The van der Waals surface area contributed by atoms with E-state index in [0.717, 1.165) is 0 Å². The third kappa shape index (κ3) is 2.64. The van der Waals surface area contributed by atoms with Crippen LogP contribution in [0.1, 0.15) is 17.4 Å². The molecule has 100 valence electrons. The highest BCUT2D eigenvalue weighted by molar-refractivity contribution is 5.34. The number of rotatable bonds is 4. The van der Waals surface area contributed by atoms with Crippen molar-refractivity contribution in [2.24, 2.45) is 0 Å². The number of aromatic hydroxyl groups is 1. The molecule has 0 bridgehead atoms. The van der Waals surface area contributed by atoms with Crippen LogP contribution in [0.5, 0.6) is 5.75 Å². The van der Waals surface area contributed by atoms with Crippen molar-refractivity contribution in [3.05, 3.63) is 58.3 Å². The van der Waals surface area contributed by atoms with Gasteiger partial charge in [-0.25, -0.2) is 0 Å². The number of aliphatic hydroxyl groups is 2. The van der Waals surface area contributed by atoms with Gasteiger partial charge in [0.15, 0.2) is 5.75 Å². The quantitative estimate of drug-likeness (QED) is 0.722. The fourth-order valence-corrected chi connectivity index (χ4v) is 1.86. The Morgan fingerprint density at radius 2 is 2.16 bits per heavy atom. The van der Waals surface area contributed by atoms with E-state index in [0.29, 0.717) is 5.56 Å². The second-order valence-electron chi connectivity index (χ2n) is 4.02. The third-order valence-electron chi connectivity index (χ3n) is 2.79. The van der Waals surface area contributed by atoms with Crippen LogP contribution in [0.4, 0.5) is 0 Å². The average molecular weight is 262 g/mol. The van der Waals surface area contributed by atoms with Crippen molar-refractivity contribution < 1.29 is 15.3 Å². The monoisotopic (exact) mass is 262 g/mol. The fourth-order valence-electron chi connectivity index (χ4n) is 1.86. The van der Waals surface area contributed by atoms with Gasteiger partial charge in [-0.2, -0.15) is 0 Å². The van der Waals surface area contributed by atoms with Crippen molar-refractivity contribution in [3.8, 4) is 5.75 Å². The molecule has 2 aromatic rings. The Morgan fingerprint density at radius 3 is 2.79 bits per heavy atom. The van der Waals surface area contributed by atoms with Crippen LogP contribution >= 0.6 is 0 Å². The molecular weight excluding hydrogens is 248 g/mol. The van der Waals surface area contributed by atoms with E-state index in [1.54, 1.807) is 18.3 Å². The highest BCUT2D eigenvalue weighted by atomic mass is 16.3. The second-order valence-corrected chi connectivity index (χ2v) is 4.02. The Hall–Kier alpha value is -2.18. The summed E-state index contributed by atoms with van der Waals surface area (Å²) in [6, 6.07) is 4.47. The molecule has 0 amide bonds. The highest BCUT2D eigenvalue weighted by Crippen LogP contribution is 2.26. The number of aromatic nitrogens is 2. The minimum Gasteiger partial charge on any atom is -0.503 e. The lowest BCUT2D eigenvalue weighted by atomic mass is 10.1. The molecule has 1 unspecified atom stereocenters. The van der Waals surface area contributed by atoms with Crippen LogP contribution in [0, 0.1) is 0 Å². The zero-order valence-corrected chi connectivity index (χ0v) is 10.1. The maximum Gasteiger partial charge on any atom is 0.223 e. The van der Waals surface area contributed by atoms with Crippen molar-refractivity contribution in [3.63, 3.8) is 0 Å². The summed E-state index contributed by atoms with van der Waals surface area (Å²) in [6.45, 7) is -0.00440. The topological polar surface area (TPSA) is 95.6 Å². The number of aliphatic hydroxyl groups excluding tert-OH is 2. The summed E-state index contributed by atoms with van der Waals surface area (Å²) in [4.78, 5) is 15.4. The molecule has 0 aliphatic heterocycles. The van der Waals surface area contributed by atoms with Gasteiger partial charge in [0.1, 0.15) is 6.10 Å². The van der Waals surface area contributed by atoms with E-state index >= 15 is 0 Å². The Kier molecular flexibility index (Phi) is 3.94. The first-order valence-electron chi connectivity index (χ1n) is 5.76. The molecule has 0 aromatic carbocycles. The van der Waals surface area contributed by atoms with Gasteiger partial charge in [0.05, 0.1) is 12.3 Å². The van der Waals surface area contributed by atoms with Crippen molar-refractivity contribution >= 4 is 0 Å². The van der Waals surface area contributed by atoms with Crippen LogP contribution in [0.25, 0.3) is 0 Å². The zero-order valence-electron chi connectivity index (χ0n) is 10.1. The molecule has 1 atom stereocenters. The number of nitrogens with zero attached hydrogens (tertiary/aromatic N) is 2. The lowest BCUT2D eigenvalue weighted by Crippen LogP contribution is -2.18. The number of hydrogen-bond acceptors (Lipinski definition) is 5. The minimum absolute atomic E-state index is 0.0505. The molecule has 0 fully saturated rings. The second kappa shape index (κ2) is 5.64. The smallest absolute Gasteiger partial charge is 0.223 e. The SMILES string of the molecule is O=c1ccn(CCO)c(C(O)c2cccnc2)c1O. The Balaban J connectivity index is 2.54. The lowest BCUT2D eigenvalue weighted by Gasteiger charge is -2.18. The van der Waals surface area contributed by atoms with Crippen molar-refractivity contribution in [1.82, 2.24) is 9.55 Å². The van der Waals surface area contributed by atoms with E-state index < -0.39 is 17.3 Å². The molecule has 2 rings (SSSR count). The van der Waals surface area contributed by atoms with Crippen molar-refractivity contribution in [2.45, 2.75) is 12.6 Å². The molecular formula is C13H14N2O4. The summed E-state index contributed by atoms with van der Waals surface area (Å²) in [6.07, 6.45) is 3.24. The minimum atomic E-state index is -1.19. The van der Waals surface area contributed by atoms with Gasteiger partial charge in [0, 0.05) is 36.8 Å². The van der Waals surface area contributed by atoms with Gasteiger partial charge in [-0.3, -0.25) is 9.78 Å². The van der Waals surface area contributed by atoms with Gasteiger partial charge in [-0.1, -0.05) is 6.07 Å². The van der Waals surface area contributed by atoms with Crippen molar-refractivity contribution in [2.75, 3.05) is 6.61 Å². The number of hydrogen-bond donors (Lipinski definition) is 3. The summed E-state index contributed by atoms with van der Waals surface area (Å²) < 4.78 is 1.44. The van der Waals surface area contributed by atoms with Gasteiger partial charge < -0.3 is 19.9 Å². The highest BCUT2D eigenvalue weighted by Gasteiger charge is 2.20. The van der Waals surface area contributed by atoms with Gasteiger partial charge in [0.25, 0.3) is 0 Å². The van der Waals surface area contributed by atoms with Gasteiger partial charge >= 0.3 is 0 Å². The third-order valence-corrected chi connectivity index (χ3v) is 2.79. The number of pyridine rings is 2. The summed E-state index contributed by atoms with van der Waals surface area (Å²) in [5.41, 5.74) is -0.0724. The van der Waals surface area contributed by atoms with E-state index in [1.807, 2.05) is 0 Å². The maximum atomic E-state index is 11.5. The Morgan fingerprint density at radius 1 is 1.37 bits per heavy atom. The molecule has 6 nitrogen and oxygen atoms in total. The van der Waals surface area contributed by atoms with Crippen molar-refractivity contribution in [1.29, 1.82) is 0 Å². The molecule has 0 aliphatic rings. The normalized spacial score (nSPS) is 12.3. The van der Waals surface area contributed by atoms with Gasteiger partial charge in [-0.05, 0) is 6.07 Å². The summed E-state index contributed by atoms with van der Waals surface area (Å²) in [5.74, 6) is -0.521. The van der Waals surface area contributed by atoms with Gasteiger partial charge in [-0.15, -0.1) is 0 Å². The van der Waals surface area contributed by atoms with E-state index in [2.05, 4.69) is 4.98 Å². The Bertz CT molecular complexity index is 610. The van der Waals surface area contributed by atoms with E-state index in [1.165, 1.54) is 23.0 Å². The standard InChI is InChI=1S/C13H14N2O4/c16-7-6-15-5-3-10(17)13(19)11(15)12(18)9-2-1-4-14-8-9/h1-5,8,12,16,18-19H,6-7H2. The average Bonchev–Trinajstić information content (AvgIpc) is 2.44. The summed E-state index contributed by atoms with van der Waals surface area (Å²) >= 11 is 0. The molecule has 0 saturated carbocycles. The first-order chi connectivity index (χ1) is 9.15. The van der Waals surface area contributed by atoms with Crippen LogP contribution in [-0.2, 0) is 6.54 Å². The molecule has 3 N–H and O–H groups in total. The zero-order chi connectivity index (χ0) is 13.8. The largest absolute Gasteiger partial charge is 0.503 e. The predicted molar refractivity (Wildman–Crippen MR) is 67.8 cm³/mol. The maximum absolute atomic E-state index is 11.5. The first kappa shape index (κ1) is 13.3. The molecule has 0 spiro atoms. The summed E-state index contributed by atoms with van der Waals surface area (Å²) in [5, 5.41) is 29.1. The molecule has 0 radical (unpaired) electrons. The van der Waals surface area contributed by atoms with Crippen LogP contribution in [-0.4, -0.2) is 31.5 Å². The van der Waals surface area contributed by atoms with Crippen LogP contribution in [0.15, 0.2) is 41.6 Å². The fraction of sp³-hybridized carbons (Fsp3) is 0.231. The Labute approximate surface area is 109 Å². The van der Waals surface area contributed by atoms with E-state index in [4.69, 9.17) is 5.11 Å². The molecule has 0 aliphatic carbocycles. The molecule has 0 saturated heterocycles. The first-order valence-corrected chi connectivity index (χ1v) is 5.76. The molecule has 2 heterocycles. The van der Waals surface area contributed by atoms with Crippen LogP contribution < -0.4 is 5.43 Å².